The second kappa shape index (κ2) is 5.52. The van der Waals surface area contributed by atoms with Crippen molar-refractivity contribution in [1.29, 1.82) is 0 Å². The summed E-state index contributed by atoms with van der Waals surface area (Å²) < 4.78 is 0. The van der Waals surface area contributed by atoms with E-state index in [9.17, 15) is 10.2 Å². The molecule has 0 spiro atoms. The summed E-state index contributed by atoms with van der Waals surface area (Å²) in [5, 5.41) is 19.9. The highest BCUT2D eigenvalue weighted by Gasteiger charge is 2.19. The minimum atomic E-state index is -0.671. The van der Waals surface area contributed by atoms with E-state index in [0.717, 1.165) is 23.1 Å². The molecule has 3 heteroatoms. The van der Waals surface area contributed by atoms with Crippen LogP contribution in [0.5, 0.6) is 5.75 Å². The summed E-state index contributed by atoms with van der Waals surface area (Å²) in [5.74, 6) is 0.748. The van der Waals surface area contributed by atoms with Crippen molar-refractivity contribution in [2.75, 3.05) is 0 Å². The highest BCUT2D eigenvalue weighted by molar-refractivity contribution is 5.43. The molecule has 2 atom stereocenters. The van der Waals surface area contributed by atoms with Crippen molar-refractivity contribution in [2.24, 2.45) is 11.7 Å². The van der Waals surface area contributed by atoms with E-state index < -0.39 is 6.10 Å². The lowest BCUT2D eigenvalue weighted by atomic mass is 9.93. The first-order valence-electron chi connectivity index (χ1n) is 6.06. The number of phenolic OH excluding ortho intramolecular Hbond substituents is 1. The van der Waals surface area contributed by atoms with Crippen LogP contribution in [0.25, 0.3) is 0 Å². The van der Waals surface area contributed by atoms with Crippen molar-refractivity contribution in [3.8, 4) is 5.75 Å². The molecule has 2 unspecified atom stereocenters. The Balaban J connectivity index is 2.92. The van der Waals surface area contributed by atoms with E-state index in [0.29, 0.717) is 11.7 Å². The molecule has 1 rings (SSSR count). The van der Waals surface area contributed by atoms with E-state index in [2.05, 4.69) is 13.8 Å². The van der Waals surface area contributed by atoms with Crippen LogP contribution in [-0.2, 0) is 0 Å². The van der Waals surface area contributed by atoms with Crippen molar-refractivity contribution in [2.45, 2.75) is 46.3 Å². The highest BCUT2D eigenvalue weighted by Crippen LogP contribution is 2.28. The van der Waals surface area contributed by atoms with E-state index in [4.69, 9.17) is 5.73 Å². The zero-order valence-electron chi connectivity index (χ0n) is 11.1. The minimum Gasteiger partial charge on any atom is -0.507 e. The molecular formula is C14H23NO2. The smallest absolute Gasteiger partial charge is 0.121 e. The molecule has 0 amide bonds. The molecule has 17 heavy (non-hydrogen) atoms. The van der Waals surface area contributed by atoms with Gasteiger partial charge in [0.2, 0.25) is 0 Å². The van der Waals surface area contributed by atoms with Gasteiger partial charge in [-0.25, -0.2) is 0 Å². The average molecular weight is 237 g/mol. The SMILES string of the molecule is Cc1cc(C(O)C(N)CC(C)C)cc(C)c1O. The molecule has 0 saturated heterocycles. The van der Waals surface area contributed by atoms with Crippen LogP contribution in [0, 0.1) is 19.8 Å². The zero-order valence-corrected chi connectivity index (χ0v) is 11.1. The summed E-state index contributed by atoms with van der Waals surface area (Å²) in [6.07, 6.45) is 0.107. The van der Waals surface area contributed by atoms with Crippen LogP contribution < -0.4 is 5.73 Å². The van der Waals surface area contributed by atoms with E-state index in [-0.39, 0.29) is 6.04 Å². The van der Waals surface area contributed by atoms with Gasteiger partial charge < -0.3 is 15.9 Å². The molecule has 3 nitrogen and oxygen atoms in total. The fourth-order valence-electron chi connectivity index (χ4n) is 2.08. The Morgan fingerprint density at radius 2 is 1.65 bits per heavy atom. The van der Waals surface area contributed by atoms with Crippen LogP contribution in [0.15, 0.2) is 12.1 Å². The van der Waals surface area contributed by atoms with Crippen LogP contribution in [-0.4, -0.2) is 16.3 Å². The number of aliphatic hydroxyl groups excluding tert-OH is 1. The van der Waals surface area contributed by atoms with E-state index in [1.54, 1.807) is 12.1 Å². The lowest BCUT2D eigenvalue weighted by Crippen LogP contribution is -2.29. The van der Waals surface area contributed by atoms with Gasteiger partial charge in [0.1, 0.15) is 5.75 Å². The van der Waals surface area contributed by atoms with Gasteiger partial charge in [-0.1, -0.05) is 13.8 Å². The molecule has 96 valence electrons. The van der Waals surface area contributed by atoms with Gasteiger partial charge in [0.15, 0.2) is 0 Å². The number of nitrogens with two attached hydrogens (primary N) is 1. The molecule has 0 radical (unpaired) electrons. The van der Waals surface area contributed by atoms with Crippen molar-refractivity contribution in [1.82, 2.24) is 0 Å². The Morgan fingerprint density at radius 1 is 1.18 bits per heavy atom. The lowest BCUT2D eigenvalue weighted by Gasteiger charge is -2.22. The van der Waals surface area contributed by atoms with E-state index in [1.165, 1.54) is 0 Å². The topological polar surface area (TPSA) is 66.5 Å². The number of rotatable bonds is 4. The Hall–Kier alpha value is -1.06. The van der Waals surface area contributed by atoms with Crippen LogP contribution in [0.2, 0.25) is 0 Å². The first-order valence-corrected chi connectivity index (χ1v) is 6.06. The van der Waals surface area contributed by atoms with Crippen molar-refractivity contribution in [3.63, 3.8) is 0 Å². The summed E-state index contributed by atoms with van der Waals surface area (Å²) in [7, 11) is 0. The Kier molecular flexibility index (Phi) is 4.54. The molecular weight excluding hydrogens is 214 g/mol. The third kappa shape index (κ3) is 3.45. The molecule has 0 saturated carbocycles. The van der Waals surface area contributed by atoms with Gasteiger partial charge in [-0.15, -0.1) is 0 Å². The third-order valence-corrected chi connectivity index (χ3v) is 3.00. The van der Waals surface area contributed by atoms with Crippen molar-refractivity contribution >= 4 is 0 Å². The van der Waals surface area contributed by atoms with Crippen LogP contribution in [0.1, 0.15) is 43.1 Å². The quantitative estimate of drug-likeness (QED) is 0.753. The number of hydrogen-bond donors (Lipinski definition) is 3. The average Bonchev–Trinajstić information content (AvgIpc) is 2.23. The summed E-state index contributed by atoms with van der Waals surface area (Å²) >= 11 is 0. The van der Waals surface area contributed by atoms with Crippen LogP contribution in [0.3, 0.4) is 0 Å². The number of phenols is 1. The van der Waals surface area contributed by atoms with Crippen molar-refractivity contribution in [3.05, 3.63) is 28.8 Å². The first kappa shape index (κ1) is 14.0. The lowest BCUT2D eigenvalue weighted by molar-refractivity contribution is 0.135. The molecule has 0 heterocycles. The Morgan fingerprint density at radius 3 is 2.06 bits per heavy atom. The Labute approximate surface area is 103 Å². The third-order valence-electron chi connectivity index (χ3n) is 3.00. The normalized spacial score (nSPS) is 15.0. The highest BCUT2D eigenvalue weighted by atomic mass is 16.3. The summed E-state index contributed by atoms with van der Waals surface area (Å²) in [6.45, 7) is 7.82. The number of aromatic hydroxyl groups is 1. The number of aryl methyl sites for hydroxylation is 2. The molecule has 0 bridgehead atoms. The fraction of sp³-hybridized carbons (Fsp3) is 0.571. The zero-order chi connectivity index (χ0) is 13.2. The molecule has 0 aliphatic heterocycles. The standard InChI is InChI=1S/C14H23NO2/c1-8(2)5-12(15)14(17)11-6-9(3)13(16)10(4)7-11/h6-8,12,14,16-17H,5,15H2,1-4H3. The monoisotopic (exact) mass is 237 g/mol. The molecule has 4 N–H and O–H groups in total. The molecule has 1 aromatic carbocycles. The summed E-state index contributed by atoms with van der Waals surface area (Å²) in [4.78, 5) is 0. The fourth-order valence-corrected chi connectivity index (χ4v) is 2.08. The van der Waals surface area contributed by atoms with Gasteiger partial charge in [-0.05, 0) is 55.0 Å². The summed E-state index contributed by atoms with van der Waals surface area (Å²) in [6, 6.07) is 3.33. The number of hydrogen-bond acceptors (Lipinski definition) is 3. The molecule has 1 aromatic rings. The number of aliphatic hydroxyl groups is 1. The van der Waals surface area contributed by atoms with Gasteiger partial charge >= 0.3 is 0 Å². The number of benzene rings is 1. The van der Waals surface area contributed by atoms with Gasteiger partial charge in [-0.3, -0.25) is 0 Å². The maximum atomic E-state index is 10.2. The van der Waals surface area contributed by atoms with E-state index in [1.807, 2.05) is 13.8 Å². The van der Waals surface area contributed by atoms with Gasteiger partial charge in [0.05, 0.1) is 6.10 Å². The van der Waals surface area contributed by atoms with Gasteiger partial charge in [-0.2, -0.15) is 0 Å². The van der Waals surface area contributed by atoms with Crippen LogP contribution >= 0.6 is 0 Å². The Bertz CT molecular complexity index is 365. The molecule has 0 aliphatic rings. The largest absolute Gasteiger partial charge is 0.507 e. The predicted octanol–water partition coefficient (Wildman–Crippen LogP) is 2.42. The molecule has 0 aromatic heterocycles. The van der Waals surface area contributed by atoms with E-state index >= 15 is 0 Å². The second-order valence-corrected chi connectivity index (χ2v) is 5.24. The predicted molar refractivity (Wildman–Crippen MR) is 70.0 cm³/mol. The summed E-state index contributed by atoms with van der Waals surface area (Å²) in [5.41, 5.74) is 8.31. The minimum absolute atomic E-state index is 0.265. The maximum absolute atomic E-state index is 10.2. The van der Waals surface area contributed by atoms with Crippen molar-refractivity contribution < 1.29 is 10.2 Å². The molecule has 0 aliphatic carbocycles. The maximum Gasteiger partial charge on any atom is 0.121 e. The van der Waals surface area contributed by atoms with Gasteiger partial charge in [0, 0.05) is 6.04 Å². The second-order valence-electron chi connectivity index (χ2n) is 5.24. The van der Waals surface area contributed by atoms with Crippen LogP contribution in [0.4, 0.5) is 0 Å². The first-order chi connectivity index (χ1) is 7.82. The van der Waals surface area contributed by atoms with Gasteiger partial charge in [0.25, 0.3) is 0 Å². The molecule has 0 fully saturated rings.